The van der Waals surface area contributed by atoms with Gasteiger partial charge in [0.25, 0.3) is 0 Å². The monoisotopic (exact) mass is 412 g/mol. The molecule has 0 radical (unpaired) electrons. The molecule has 0 amide bonds. The van der Waals surface area contributed by atoms with Gasteiger partial charge < -0.3 is 9.47 Å². The number of carbonyl (C=O) groups is 2. The Morgan fingerprint density at radius 1 is 0.839 bits per heavy atom. The molecule has 0 aromatic heterocycles. The highest BCUT2D eigenvalue weighted by atomic mass is 16.6. The van der Waals surface area contributed by atoms with Crippen molar-refractivity contribution in [3.8, 4) is 5.75 Å². The van der Waals surface area contributed by atoms with Gasteiger partial charge in [0.05, 0.1) is 0 Å². The van der Waals surface area contributed by atoms with E-state index >= 15 is 0 Å². The molecule has 0 spiro atoms. The smallest absolute Gasteiger partial charge is 0.338 e. The van der Waals surface area contributed by atoms with Gasteiger partial charge in [-0.1, -0.05) is 85.3 Å². The molecule has 3 atom stereocenters. The second-order valence-electron chi connectivity index (χ2n) is 8.25. The maximum Gasteiger partial charge on any atom is 0.338 e. The molecular formula is C27H24O4. The molecule has 5 rings (SSSR count). The highest BCUT2D eigenvalue weighted by molar-refractivity contribution is 6.13. The molecule has 0 bridgehead atoms. The van der Waals surface area contributed by atoms with Crippen LogP contribution in [0.15, 0.2) is 84.9 Å². The molecule has 1 aliphatic heterocycles. The van der Waals surface area contributed by atoms with Gasteiger partial charge in [0.2, 0.25) is 5.41 Å². The molecule has 1 fully saturated rings. The molecule has 31 heavy (non-hydrogen) atoms. The van der Waals surface area contributed by atoms with E-state index in [1.165, 1.54) is 5.56 Å². The zero-order chi connectivity index (χ0) is 21.3. The van der Waals surface area contributed by atoms with E-state index in [9.17, 15) is 9.59 Å². The summed E-state index contributed by atoms with van der Waals surface area (Å²) in [4.78, 5) is 27.1. The number of fused-ring (bicyclic) bond motifs is 1. The van der Waals surface area contributed by atoms with Crippen molar-refractivity contribution in [2.24, 2.45) is 0 Å². The SMILES string of the molecule is O=C1Oc2ccccc2[C@]1(C(=O)OC1CCCCC1c1ccccc1)c1ccccc1. The average Bonchev–Trinajstić information content (AvgIpc) is 3.13. The van der Waals surface area contributed by atoms with Crippen molar-refractivity contribution in [1.29, 1.82) is 0 Å². The zero-order valence-corrected chi connectivity index (χ0v) is 17.2. The molecule has 2 aliphatic rings. The Hall–Kier alpha value is -3.40. The molecule has 0 N–H and O–H groups in total. The summed E-state index contributed by atoms with van der Waals surface area (Å²) in [6.45, 7) is 0. The largest absolute Gasteiger partial charge is 0.460 e. The second kappa shape index (κ2) is 8.03. The first-order valence-electron chi connectivity index (χ1n) is 10.8. The van der Waals surface area contributed by atoms with Crippen molar-refractivity contribution in [3.05, 3.63) is 102 Å². The quantitative estimate of drug-likeness (QED) is 0.337. The molecule has 1 aliphatic carbocycles. The molecule has 3 aromatic carbocycles. The van der Waals surface area contributed by atoms with E-state index in [2.05, 4.69) is 12.1 Å². The van der Waals surface area contributed by atoms with E-state index < -0.39 is 17.4 Å². The van der Waals surface area contributed by atoms with E-state index in [1.54, 1.807) is 30.3 Å². The van der Waals surface area contributed by atoms with Crippen molar-refractivity contribution in [3.63, 3.8) is 0 Å². The molecule has 1 heterocycles. The normalized spacial score (nSPS) is 24.8. The van der Waals surface area contributed by atoms with E-state index in [-0.39, 0.29) is 12.0 Å². The lowest BCUT2D eigenvalue weighted by molar-refractivity contribution is -0.162. The maximum absolute atomic E-state index is 13.9. The number of rotatable bonds is 4. The summed E-state index contributed by atoms with van der Waals surface area (Å²) in [5.41, 5.74) is 0.685. The zero-order valence-electron chi connectivity index (χ0n) is 17.2. The molecule has 1 saturated carbocycles. The fourth-order valence-corrected chi connectivity index (χ4v) is 4.97. The fraction of sp³-hybridized carbons (Fsp3) is 0.259. The van der Waals surface area contributed by atoms with Crippen LogP contribution in [0.4, 0.5) is 0 Å². The van der Waals surface area contributed by atoms with E-state index in [0.717, 1.165) is 25.7 Å². The average molecular weight is 412 g/mol. The molecular weight excluding hydrogens is 388 g/mol. The van der Waals surface area contributed by atoms with Crippen LogP contribution >= 0.6 is 0 Å². The lowest BCUT2D eigenvalue weighted by Gasteiger charge is -2.34. The first-order chi connectivity index (χ1) is 15.2. The van der Waals surface area contributed by atoms with Crippen LogP contribution in [-0.4, -0.2) is 18.0 Å². The topological polar surface area (TPSA) is 52.6 Å². The minimum Gasteiger partial charge on any atom is -0.460 e. The molecule has 4 heteroatoms. The van der Waals surface area contributed by atoms with Gasteiger partial charge >= 0.3 is 11.9 Å². The van der Waals surface area contributed by atoms with Crippen LogP contribution < -0.4 is 4.74 Å². The standard InChI is InChI=1S/C27H24O4/c28-25(30-23-17-9-7-15-21(23)19-11-3-1-4-12-19)27(20-13-5-2-6-14-20)22-16-8-10-18-24(22)31-26(27)29/h1-6,8,10-14,16,18,21,23H,7,9,15,17H2/t21?,23?,27-/m0/s1. The van der Waals surface area contributed by atoms with Crippen molar-refractivity contribution in [2.45, 2.75) is 43.1 Å². The fourth-order valence-electron chi connectivity index (χ4n) is 4.97. The summed E-state index contributed by atoms with van der Waals surface area (Å²) < 4.78 is 11.7. The summed E-state index contributed by atoms with van der Waals surface area (Å²) >= 11 is 0. The van der Waals surface area contributed by atoms with Crippen LogP contribution in [0, 0.1) is 0 Å². The summed E-state index contributed by atoms with van der Waals surface area (Å²) in [5.74, 6) is -0.616. The maximum atomic E-state index is 13.9. The van der Waals surface area contributed by atoms with Crippen LogP contribution in [0.2, 0.25) is 0 Å². The van der Waals surface area contributed by atoms with E-state index in [4.69, 9.17) is 9.47 Å². The van der Waals surface area contributed by atoms with Gasteiger partial charge in [-0.25, -0.2) is 4.79 Å². The van der Waals surface area contributed by atoms with Gasteiger partial charge in [0.15, 0.2) is 0 Å². The van der Waals surface area contributed by atoms with Gasteiger partial charge in [-0.05, 0) is 36.5 Å². The Labute approximate surface area is 181 Å². The minimum absolute atomic E-state index is 0.124. The Bertz CT molecular complexity index is 1090. The Morgan fingerprint density at radius 3 is 2.26 bits per heavy atom. The number of para-hydroxylation sites is 1. The Morgan fingerprint density at radius 2 is 1.48 bits per heavy atom. The summed E-state index contributed by atoms with van der Waals surface area (Å²) in [7, 11) is 0. The Balaban J connectivity index is 1.55. The highest BCUT2D eigenvalue weighted by Gasteiger charge is 2.58. The number of ether oxygens (including phenoxy) is 2. The third-order valence-electron chi connectivity index (χ3n) is 6.50. The molecule has 0 saturated heterocycles. The first-order valence-corrected chi connectivity index (χ1v) is 10.8. The van der Waals surface area contributed by atoms with E-state index in [1.807, 2.05) is 42.5 Å². The van der Waals surface area contributed by atoms with Gasteiger partial charge in [-0.15, -0.1) is 0 Å². The summed E-state index contributed by atoms with van der Waals surface area (Å²) in [6, 6.07) is 26.4. The first kappa shape index (κ1) is 19.6. The van der Waals surface area contributed by atoms with Crippen molar-refractivity contribution >= 4 is 11.9 Å². The number of benzene rings is 3. The van der Waals surface area contributed by atoms with Crippen molar-refractivity contribution in [1.82, 2.24) is 0 Å². The summed E-state index contributed by atoms with van der Waals surface area (Å²) in [5, 5.41) is 0. The predicted octanol–water partition coefficient (Wildman–Crippen LogP) is 5.16. The molecule has 3 aromatic rings. The number of hydrogen-bond acceptors (Lipinski definition) is 4. The molecule has 2 unspecified atom stereocenters. The lowest BCUT2D eigenvalue weighted by Crippen LogP contribution is -2.46. The van der Waals surface area contributed by atoms with Crippen LogP contribution in [0.25, 0.3) is 0 Å². The number of hydrogen-bond donors (Lipinski definition) is 0. The van der Waals surface area contributed by atoms with Gasteiger partial charge in [0.1, 0.15) is 11.9 Å². The van der Waals surface area contributed by atoms with Crippen LogP contribution in [-0.2, 0) is 19.7 Å². The number of esters is 2. The van der Waals surface area contributed by atoms with Gasteiger partial charge in [-0.2, -0.15) is 0 Å². The van der Waals surface area contributed by atoms with Crippen LogP contribution in [0.5, 0.6) is 5.75 Å². The second-order valence-corrected chi connectivity index (χ2v) is 8.25. The van der Waals surface area contributed by atoms with Gasteiger partial charge in [-0.3, -0.25) is 4.79 Å². The third-order valence-corrected chi connectivity index (χ3v) is 6.50. The third kappa shape index (κ3) is 3.23. The highest BCUT2D eigenvalue weighted by Crippen LogP contribution is 2.46. The number of carbonyl (C=O) groups excluding carboxylic acids is 2. The minimum atomic E-state index is -1.60. The van der Waals surface area contributed by atoms with Crippen molar-refractivity contribution in [2.75, 3.05) is 0 Å². The summed E-state index contributed by atoms with van der Waals surface area (Å²) in [6.07, 6.45) is 3.57. The Kier molecular flexibility index (Phi) is 5.06. The van der Waals surface area contributed by atoms with Crippen LogP contribution in [0.3, 0.4) is 0 Å². The lowest BCUT2D eigenvalue weighted by atomic mass is 9.75. The molecule has 4 nitrogen and oxygen atoms in total. The predicted molar refractivity (Wildman–Crippen MR) is 117 cm³/mol. The molecule has 156 valence electrons. The van der Waals surface area contributed by atoms with Gasteiger partial charge in [0, 0.05) is 11.5 Å². The van der Waals surface area contributed by atoms with E-state index in [0.29, 0.717) is 16.9 Å². The van der Waals surface area contributed by atoms with Crippen LogP contribution in [0.1, 0.15) is 48.3 Å². The van der Waals surface area contributed by atoms with Crippen molar-refractivity contribution < 1.29 is 19.1 Å².